The zero-order valence-electron chi connectivity index (χ0n) is 36.9. The number of methoxy groups -OCH3 is 8. The second-order valence-corrected chi connectivity index (χ2v) is 16.0. The van der Waals surface area contributed by atoms with Gasteiger partial charge in [-0.25, -0.2) is 0 Å². The van der Waals surface area contributed by atoms with Crippen LogP contribution in [0.3, 0.4) is 0 Å². The Kier molecular flexibility index (Phi) is 14.1. The Bertz CT molecular complexity index is 2240. The topological polar surface area (TPSA) is 166 Å². The van der Waals surface area contributed by atoms with Crippen molar-refractivity contribution in [2.75, 3.05) is 56.9 Å². The number of hydrogen-bond donors (Lipinski definition) is 3. The van der Waals surface area contributed by atoms with Gasteiger partial charge < -0.3 is 54.1 Å². The molecule has 4 aliphatic carbocycles. The van der Waals surface area contributed by atoms with Crippen molar-refractivity contribution in [1.82, 2.24) is 5.32 Å². The Morgan fingerprint density at radius 3 is 1.43 bits per heavy atom. The summed E-state index contributed by atoms with van der Waals surface area (Å²) in [6.45, 7) is 4.08. The molecular formula is C48H60N2O11. The summed E-state index contributed by atoms with van der Waals surface area (Å²) in [5.41, 5.74) is 14.8. The number of carboxylic acid groups (broad SMARTS) is 1. The van der Waals surface area contributed by atoms with Crippen LogP contribution in [0, 0.1) is 23.7 Å². The maximum atomic E-state index is 12.8. The minimum atomic E-state index is -0.632. The van der Waals surface area contributed by atoms with Crippen LogP contribution >= 0.6 is 0 Å². The molecule has 4 aliphatic rings. The number of aryl methyl sites for hydroxylation is 2. The maximum Gasteiger partial charge on any atom is 0.306 e. The van der Waals surface area contributed by atoms with Gasteiger partial charge in [-0.1, -0.05) is 26.0 Å². The number of aliphatic carboxylic acids is 1. The van der Waals surface area contributed by atoms with Crippen molar-refractivity contribution in [2.45, 2.75) is 64.5 Å². The van der Waals surface area contributed by atoms with Crippen molar-refractivity contribution in [3.05, 3.63) is 70.8 Å². The molecule has 4 aromatic carbocycles. The van der Waals surface area contributed by atoms with E-state index in [-0.39, 0.29) is 29.8 Å². The minimum absolute atomic E-state index is 0.0139. The summed E-state index contributed by atoms with van der Waals surface area (Å²) < 4.78 is 44.6. The summed E-state index contributed by atoms with van der Waals surface area (Å²) >= 11 is 0. The van der Waals surface area contributed by atoms with Crippen LogP contribution in [0.5, 0.6) is 46.0 Å². The number of nitrogens with one attached hydrogen (secondary N) is 1. The van der Waals surface area contributed by atoms with E-state index in [1.54, 1.807) is 56.9 Å². The molecule has 0 bridgehead atoms. The van der Waals surface area contributed by atoms with Gasteiger partial charge in [-0.15, -0.1) is 0 Å². The van der Waals surface area contributed by atoms with E-state index >= 15 is 0 Å². The molecule has 4 unspecified atom stereocenters. The molecule has 0 heterocycles. The SMILES string of the molecule is CC1CC1C(=O)O.COc1ccc2c(c1)[C@@H](N)CCc1cc(OC)c(OC)c(OC)c1-2.COc1ccc2c(c1)[C@@H](NC(=O)C1CC1C)CCc1cc(OC)c(OC)c(OC)c1-2. The molecule has 0 aromatic heterocycles. The zero-order chi connectivity index (χ0) is 44.1. The van der Waals surface area contributed by atoms with Crippen LogP contribution in [0.2, 0.25) is 0 Å². The summed E-state index contributed by atoms with van der Waals surface area (Å²) in [6.07, 6.45) is 5.07. The van der Waals surface area contributed by atoms with E-state index in [1.807, 2.05) is 55.5 Å². The number of rotatable bonds is 11. The van der Waals surface area contributed by atoms with E-state index in [2.05, 4.69) is 12.2 Å². The van der Waals surface area contributed by atoms with E-state index < -0.39 is 5.97 Å². The second kappa shape index (κ2) is 19.3. The van der Waals surface area contributed by atoms with Gasteiger partial charge in [-0.05, 0) is 120 Å². The van der Waals surface area contributed by atoms with Crippen LogP contribution in [0.15, 0.2) is 48.5 Å². The van der Waals surface area contributed by atoms with E-state index in [9.17, 15) is 9.59 Å². The summed E-state index contributed by atoms with van der Waals surface area (Å²) in [4.78, 5) is 22.7. The molecule has 6 atom stereocenters. The van der Waals surface area contributed by atoms with Crippen LogP contribution in [-0.2, 0) is 22.4 Å². The van der Waals surface area contributed by atoms with Crippen molar-refractivity contribution >= 4 is 11.9 Å². The smallest absolute Gasteiger partial charge is 0.306 e. The highest BCUT2D eigenvalue weighted by molar-refractivity contribution is 5.86. The van der Waals surface area contributed by atoms with E-state index in [1.165, 1.54) is 0 Å². The number of carbonyl (C=O) groups excluding carboxylic acids is 1. The fourth-order valence-corrected chi connectivity index (χ4v) is 8.49. The third-order valence-corrected chi connectivity index (χ3v) is 12.3. The Labute approximate surface area is 358 Å². The van der Waals surface area contributed by atoms with Crippen LogP contribution in [-0.4, -0.2) is 73.9 Å². The summed E-state index contributed by atoms with van der Waals surface area (Å²) in [5.74, 6) is 5.85. The normalized spacial score (nSPS) is 21.2. The highest BCUT2D eigenvalue weighted by Gasteiger charge is 2.41. The van der Waals surface area contributed by atoms with Crippen LogP contribution in [0.25, 0.3) is 22.3 Å². The summed E-state index contributed by atoms with van der Waals surface area (Å²) in [5, 5.41) is 11.5. The van der Waals surface area contributed by atoms with Crippen molar-refractivity contribution in [1.29, 1.82) is 0 Å². The van der Waals surface area contributed by atoms with E-state index in [4.69, 9.17) is 48.7 Å². The second-order valence-electron chi connectivity index (χ2n) is 16.0. The average Bonchev–Trinajstić information content (AvgIpc) is 4.22. The van der Waals surface area contributed by atoms with E-state index in [0.29, 0.717) is 46.3 Å². The first-order valence-corrected chi connectivity index (χ1v) is 20.7. The molecule has 0 aliphatic heterocycles. The lowest BCUT2D eigenvalue weighted by Crippen LogP contribution is -2.30. The molecule has 13 nitrogen and oxygen atoms in total. The van der Waals surface area contributed by atoms with Crippen LogP contribution < -0.4 is 48.9 Å². The molecule has 2 fully saturated rings. The Morgan fingerprint density at radius 1 is 0.590 bits per heavy atom. The number of carbonyl (C=O) groups is 2. The van der Waals surface area contributed by atoms with Gasteiger partial charge in [0.15, 0.2) is 23.0 Å². The van der Waals surface area contributed by atoms with Gasteiger partial charge in [-0.3, -0.25) is 9.59 Å². The molecule has 13 heteroatoms. The maximum absolute atomic E-state index is 12.8. The molecule has 0 spiro atoms. The number of nitrogens with two attached hydrogens (primary N) is 1. The van der Waals surface area contributed by atoms with Crippen molar-refractivity contribution < 1.29 is 52.6 Å². The predicted molar refractivity (Wildman–Crippen MR) is 233 cm³/mol. The highest BCUT2D eigenvalue weighted by Crippen LogP contribution is 2.52. The first-order chi connectivity index (χ1) is 29.4. The van der Waals surface area contributed by atoms with Gasteiger partial charge in [0.25, 0.3) is 0 Å². The third kappa shape index (κ3) is 9.27. The Morgan fingerprint density at radius 2 is 1.03 bits per heavy atom. The third-order valence-electron chi connectivity index (χ3n) is 12.3. The lowest BCUT2D eigenvalue weighted by atomic mass is 9.93. The fraction of sp³-hybridized carbons (Fsp3) is 0.458. The molecular weight excluding hydrogens is 781 g/mol. The first kappa shape index (κ1) is 44.7. The standard InChI is InChI=1S/C24H29NO5.C19H23NO4.C5H8O2/c1-13-10-17(13)24(26)25-19-9-6-14-11-20(28-3)22(29-4)23(30-5)21(14)16-8-7-15(27-2)12-18(16)19;1-21-12-6-7-13-14(10-12)15(20)8-5-11-9-16(22-2)18(23-3)19(24-4)17(11)13;1-3-2-4(3)5(6)7/h7-8,11-13,17,19H,6,9-10H2,1-5H3,(H,25,26);6-7,9-10,15H,5,8,20H2,1-4H3;3-4H,2H2,1H3,(H,6,7)/t13?,17?,19-;15-;/m00./s1. The predicted octanol–water partition coefficient (Wildman–Crippen LogP) is 8.21. The fourth-order valence-electron chi connectivity index (χ4n) is 8.49. The lowest BCUT2D eigenvalue weighted by molar-refractivity contribution is -0.138. The average molecular weight is 841 g/mol. The molecule has 1 amide bonds. The van der Waals surface area contributed by atoms with Gasteiger partial charge >= 0.3 is 5.97 Å². The molecule has 0 radical (unpaired) electrons. The lowest BCUT2D eigenvalue weighted by Gasteiger charge is -2.22. The molecule has 2 saturated carbocycles. The first-order valence-electron chi connectivity index (χ1n) is 20.7. The Hall–Kier alpha value is -5.82. The molecule has 0 saturated heterocycles. The van der Waals surface area contributed by atoms with Gasteiger partial charge in [0.1, 0.15) is 11.5 Å². The number of fused-ring (bicyclic) bond motifs is 6. The van der Waals surface area contributed by atoms with Crippen molar-refractivity contribution in [3.8, 4) is 68.2 Å². The van der Waals surface area contributed by atoms with Crippen molar-refractivity contribution in [2.24, 2.45) is 29.4 Å². The van der Waals surface area contributed by atoms with Crippen LogP contribution in [0.1, 0.15) is 73.9 Å². The number of benzene rings is 4. The molecule has 328 valence electrons. The summed E-state index contributed by atoms with van der Waals surface area (Å²) in [7, 11) is 13.1. The molecule has 8 rings (SSSR count). The number of hydrogen-bond acceptors (Lipinski definition) is 11. The number of ether oxygens (including phenoxy) is 8. The minimum Gasteiger partial charge on any atom is -0.497 e. The summed E-state index contributed by atoms with van der Waals surface area (Å²) in [6, 6.07) is 15.8. The van der Waals surface area contributed by atoms with Crippen molar-refractivity contribution in [3.63, 3.8) is 0 Å². The van der Waals surface area contributed by atoms with E-state index in [0.717, 1.165) is 94.5 Å². The van der Waals surface area contributed by atoms with Gasteiger partial charge in [0.2, 0.25) is 17.4 Å². The quantitative estimate of drug-likeness (QED) is 0.133. The largest absolute Gasteiger partial charge is 0.497 e. The monoisotopic (exact) mass is 840 g/mol. The van der Waals surface area contributed by atoms with Gasteiger partial charge in [0, 0.05) is 23.1 Å². The Balaban J connectivity index is 0.000000179. The van der Waals surface area contributed by atoms with Gasteiger partial charge in [0.05, 0.1) is 68.8 Å². The van der Waals surface area contributed by atoms with Gasteiger partial charge in [-0.2, -0.15) is 0 Å². The van der Waals surface area contributed by atoms with Crippen LogP contribution in [0.4, 0.5) is 0 Å². The molecule has 4 aromatic rings. The molecule has 4 N–H and O–H groups in total. The highest BCUT2D eigenvalue weighted by atomic mass is 16.5. The zero-order valence-corrected chi connectivity index (χ0v) is 36.9. The molecule has 61 heavy (non-hydrogen) atoms. The number of amides is 1. The number of carboxylic acids is 1.